The molecular weight excluding hydrogens is 300 g/mol. The van der Waals surface area contributed by atoms with Crippen LogP contribution in [0.5, 0.6) is 5.75 Å². The Balaban J connectivity index is 0.00000242. The van der Waals surface area contributed by atoms with Crippen LogP contribution in [0.1, 0.15) is 32.3 Å². The van der Waals surface area contributed by atoms with Gasteiger partial charge in [-0.1, -0.05) is 32.0 Å². The summed E-state index contributed by atoms with van der Waals surface area (Å²) in [6.07, 6.45) is 1.33. The van der Waals surface area contributed by atoms with Crippen molar-refractivity contribution in [2.45, 2.75) is 45.8 Å². The highest BCUT2D eigenvalue weighted by Gasteiger charge is 2.26. The summed E-state index contributed by atoms with van der Waals surface area (Å²) in [4.78, 5) is 12.4. The van der Waals surface area contributed by atoms with E-state index >= 15 is 0 Å². The second-order valence-corrected chi connectivity index (χ2v) is 5.87. The fourth-order valence-electron chi connectivity index (χ4n) is 2.62. The summed E-state index contributed by atoms with van der Waals surface area (Å²) in [6.45, 7) is 8.03. The highest BCUT2D eigenvalue weighted by molar-refractivity contribution is 5.85. The van der Waals surface area contributed by atoms with E-state index in [1.54, 1.807) is 0 Å². The second kappa shape index (κ2) is 9.01. The molecule has 3 atom stereocenters. The number of halogens is 1. The Morgan fingerprint density at radius 1 is 1.45 bits per heavy atom. The summed E-state index contributed by atoms with van der Waals surface area (Å²) >= 11 is 0. The van der Waals surface area contributed by atoms with Gasteiger partial charge in [0.15, 0.2) is 6.10 Å². The number of piperidine rings is 1. The van der Waals surface area contributed by atoms with Crippen molar-refractivity contribution in [1.29, 1.82) is 0 Å². The van der Waals surface area contributed by atoms with Crippen LogP contribution in [0, 0.1) is 12.8 Å². The zero-order valence-corrected chi connectivity index (χ0v) is 14.4. The van der Waals surface area contributed by atoms with Crippen LogP contribution in [0.15, 0.2) is 24.3 Å². The minimum absolute atomic E-state index is 0. The molecule has 1 heterocycles. The zero-order valence-electron chi connectivity index (χ0n) is 13.6. The van der Waals surface area contributed by atoms with Crippen LogP contribution in [-0.2, 0) is 4.79 Å². The van der Waals surface area contributed by atoms with Gasteiger partial charge in [-0.3, -0.25) is 4.79 Å². The Hall–Kier alpha value is -1.26. The van der Waals surface area contributed by atoms with Gasteiger partial charge in [-0.2, -0.15) is 0 Å². The van der Waals surface area contributed by atoms with Crippen molar-refractivity contribution in [1.82, 2.24) is 10.6 Å². The minimum atomic E-state index is -0.430. The lowest BCUT2D eigenvalue weighted by atomic mass is 9.94. The predicted octanol–water partition coefficient (Wildman–Crippen LogP) is 2.69. The monoisotopic (exact) mass is 326 g/mol. The number of para-hydroxylation sites is 1. The maximum Gasteiger partial charge on any atom is 0.261 e. The fraction of sp³-hybridized carbons (Fsp3) is 0.588. The summed E-state index contributed by atoms with van der Waals surface area (Å²) < 4.78 is 5.90. The van der Waals surface area contributed by atoms with Crippen molar-refractivity contribution < 1.29 is 9.53 Å². The first-order valence-corrected chi connectivity index (χ1v) is 7.85. The lowest BCUT2D eigenvalue weighted by molar-refractivity contribution is -0.129. The normalized spacial score (nSPS) is 22.3. The first-order valence-electron chi connectivity index (χ1n) is 7.85. The SMILES string of the molecule is CCC(Oc1ccccc1C)C(=O)NC1CNCCC1C.Cl. The number of amides is 1. The van der Waals surface area contributed by atoms with Crippen LogP contribution in [0.4, 0.5) is 0 Å². The number of benzene rings is 1. The molecule has 1 amide bonds. The summed E-state index contributed by atoms with van der Waals surface area (Å²) in [5.74, 6) is 1.28. The number of carbonyl (C=O) groups is 1. The Labute approximate surface area is 139 Å². The molecule has 2 rings (SSSR count). The topological polar surface area (TPSA) is 50.4 Å². The number of nitrogens with one attached hydrogen (secondary N) is 2. The summed E-state index contributed by atoms with van der Waals surface area (Å²) in [7, 11) is 0. The van der Waals surface area contributed by atoms with Crippen LogP contribution in [0.25, 0.3) is 0 Å². The molecule has 124 valence electrons. The maximum absolute atomic E-state index is 12.4. The quantitative estimate of drug-likeness (QED) is 0.874. The molecule has 4 nitrogen and oxygen atoms in total. The first-order chi connectivity index (χ1) is 10.1. The number of hydrogen-bond acceptors (Lipinski definition) is 3. The third-order valence-corrected chi connectivity index (χ3v) is 4.18. The molecule has 1 aliphatic rings. The maximum atomic E-state index is 12.4. The van der Waals surface area contributed by atoms with E-state index in [1.807, 2.05) is 38.1 Å². The van der Waals surface area contributed by atoms with Gasteiger partial charge < -0.3 is 15.4 Å². The van der Waals surface area contributed by atoms with Gasteiger partial charge in [0.2, 0.25) is 0 Å². The summed E-state index contributed by atoms with van der Waals surface area (Å²) in [6, 6.07) is 8.00. The standard InChI is InChI=1S/C17H26N2O2.ClH/c1-4-15(21-16-8-6-5-7-13(16)3)17(20)19-14-11-18-10-9-12(14)2;/h5-8,12,14-15,18H,4,9-11H2,1-3H3,(H,19,20);1H. The summed E-state index contributed by atoms with van der Waals surface area (Å²) in [5, 5.41) is 6.46. The van der Waals surface area contributed by atoms with Gasteiger partial charge >= 0.3 is 0 Å². The average Bonchev–Trinajstić information content (AvgIpc) is 2.48. The highest BCUT2D eigenvalue weighted by atomic mass is 35.5. The van der Waals surface area contributed by atoms with Crippen molar-refractivity contribution in [2.75, 3.05) is 13.1 Å². The molecule has 0 bridgehead atoms. The highest BCUT2D eigenvalue weighted by Crippen LogP contribution is 2.19. The van der Waals surface area contributed by atoms with Crippen LogP contribution >= 0.6 is 12.4 Å². The van der Waals surface area contributed by atoms with Gasteiger partial charge in [-0.15, -0.1) is 12.4 Å². The van der Waals surface area contributed by atoms with Gasteiger partial charge in [0, 0.05) is 12.6 Å². The zero-order chi connectivity index (χ0) is 15.2. The van der Waals surface area contributed by atoms with E-state index in [4.69, 9.17) is 4.74 Å². The lowest BCUT2D eigenvalue weighted by Crippen LogP contribution is -2.53. The van der Waals surface area contributed by atoms with Gasteiger partial charge in [-0.05, 0) is 43.9 Å². The van der Waals surface area contributed by atoms with Crippen molar-refractivity contribution >= 4 is 18.3 Å². The van der Waals surface area contributed by atoms with E-state index in [0.29, 0.717) is 12.3 Å². The van der Waals surface area contributed by atoms with Crippen LogP contribution < -0.4 is 15.4 Å². The third-order valence-electron chi connectivity index (χ3n) is 4.18. The molecule has 2 N–H and O–H groups in total. The molecule has 1 aromatic rings. The van der Waals surface area contributed by atoms with E-state index < -0.39 is 6.10 Å². The minimum Gasteiger partial charge on any atom is -0.480 e. The molecule has 1 aliphatic heterocycles. The van der Waals surface area contributed by atoms with Gasteiger partial charge in [-0.25, -0.2) is 0 Å². The van der Waals surface area contributed by atoms with Crippen molar-refractivity contribution in [3.63, 3.8) is 0 Å². The van der Waals surface area contributed by atoms with Crippen molar-refractivity contribution in [3.8, 4) is 5.75 Å². The van der Waals surface area contributed by atoms with Gasteiger partial charge in [0.25, 0.3) is 5.91 Å². The number of hydrogen-bond donors (Lipinski definition) is 2. The molecule has 1 saturated heterocycles. The molecule has 0 aliphatic carbocycles. The number of carbonyl (C=O) groups excluding carboxylic acids is 1. The Bertz CT molecular complexity index is 481. The molecule has 0 aromatic heterocycles. The first kappa shape index (κ1) is 18.8. The molecule has 5 heteroatoms. The molecule has 3 unspecified atom stereocenters. The lowest BCUT2D eigenvalue weighted by Gasteiger charge is -2.31. The van der Waals surface area contributed by atoms with E-state index in [-0.39, 0.29) is 24.4 Å². The van der Waals surface area contributed by atoms with E-state index in [9.17, 15) is 4.79 Å². The number of aryl methyl sites for hydroxylation is 1. The Morgan fingerprint density at radius 2 is 2.18 bits per heavy atom. The third kappa shape index (κ3) is 4.89. The largest absolute Gasteiger partial charge is 0.480 e. The van der Waals surface area contributed by atoms with E-state index in [0.717, 1.165) is 30.8 Å². The van der Waals surface area contributed by atoms with Gasteiger partial charge in [0.1, 0.15) is 5.75 Å². The van der Waals surface area contributed by atoms with Crippen molar-refractivity contribution in [2.24, 2.45) is 5.92 Å². The molecule has 22 heavy (non-hydrogen) atoms. The van der Waals surface area contributed by atoms with E-state index in [2.05, 4.69) is 17.6 Å². The number of ether oxygens (including phenoxy) is 1. The van der Waals surface area contributed by atoms with Crippen molar-refractivity contribution in [3.05, 3.63) is 29.8 Å². The second-order valence-electron chi connectivity index (χ2n) is 5.87. The average molecular weight is 327 g/mol. The molecule has 1 fully saturated rings. The predicted molar refractivity (Wildman–Crippen MR) is 91.7 cm³/mol. The smallest absolute Gasteiger partial charge is 0.261 e. The molecule has 0 saturated carbocycles. The number of rotatable bonds is 5. The van der Waals surface area contributed by atoms with Crippen LogP contribution in [0.3, 0.4) is 0 Å². The van der Waals surface area contributed by atoms with E-state index in [1.165, 1.54) is 0 Å². The summed E-state index contributed by atoms with van der Waals surface area (Å²) in [5.41, 5.74) is 1.05. The fourth-order valence-corrected chi connectivity index (χ4v) is 2.62. The molecule has 1 aromatic carbocycles. The van der Waals surface area contributed by atoms with Crippen LogP contribution in [0.2, 0.25) is 0 Å². The van der Waals surface area contributed by atoms with Crippen LogP contribution in [-0.4, -0.2) is 31.1 Å². The molecule has 0 spiro atoms. The Morgan fingerprint density at radius 3 is 2.82 bits per heavy atom. The molecular formula is C17H27ClN2O2. The van der Waals surface area contributed by atoms with Gasteiger partial charge in [0.05, 0.1) is 0 Å². The Kier molecular flexibility index (Phi) is 7.69. The molecule has 0 radical (unpaired) electrons.